The molecular formula is C14H26N4O2. The Morgan fingerprint density at radius 2 is 2.00 bits per heavy atom. The van der Waals surface area contributed by atoms with Crippen molar-refractivity contribution < 1.29 is 9.84 Å². The van der Waals surface area contributed by atoms with E-state index in [2.05, 4.69) is 41.4 Å². The maximum Gasteiger partial charge on any atom is 0.135 e. The van der Waals surface area contributed by atoms with Crippen LogP contribution in [0.3, 0.4) is 0 Å². The first-order chi connectivity index (χ1) is 9.60. The SMILES string of the molecule is CCCNc1cc(NC(CO)COC)nc(C(C)C)n1. The number of aliphatic hydroxyl groups is 1. The van der Waals surface area contributed by atoms with Crippen molar-refractivity contribution in [1.82, 2.24) is 9.97 Å². The van der Waals surface area contributed by atoms with E-state index in [1.165, 1.54) is 0 Å². The maximum atomic E-state index is 9.31. The Bertz CT molecular complexity index is 399. The van der Waals surface area contributed by atoms with E-state index in [0.29, 0.717) is 12.4 Å². The second-order valence-electron chi connectivity index (χ2n) is 5.06. The van der Waals surface area contributed by atoms with Crippen LogP contribution in [-0.2, 0) is 4.74 Å². The minimum absolute atomic E-state index is 0.00736. The molecule has 0 radical (unpaired) electrons. The van der Waals surface area contributed by atoms with Crippen LogP contribution in [0, 0.1) is 0 Å². The highest BCUT2D eigenvalue weighted by atomic mass is 16.5. The Hall–Kier alpha value is -1.40. The molecule has 0 bridgehead atoms. The molecule has 0 aliphatic rings. The van der Waals surface area contributed by atoms with Crippen LogP contribution in [0.4, 0.5) is 11.6 Å². The Balaban J connectivity index is 2.89. The van der Waals surface area contributed by atoms with Gasteiger partial charge in [-0.15, -0.1) is 0 Å². The van der Waals surface area contributed by atoms with Crippen molar-refractivity contribution in [3.05, 3.63) is 11.9 Å². The van der Waals surface area contributed by atoms with Crippen molar-refractivity contribution in [1.29, 1.82) is 0 Å². The van der Waals surface area contributed by atoms with E-state index >= 15 is 0 Å². The number of anilines is 2. The fourth-order valence-electron chi connectivity index (χ4n) is 1.69. The predicted molar refractivity (Wildman–Crippen MR) is 81.3 cm³/mol. The lowest BCUT2D eigenvalue weighted by Crippen LogP contribution is -2.29. The molecule has 1 atom stereocenters. The van der Waals surface area contributed by atoms with Crippen LogP contribution in [0.1, 0.15) is 38.9 Å². The Labute approximate surface area is 121 Å². The summed E-state index contributed by atoms with van der Waals surface area (Å²) in [4.78, 5) is 8.98. The molecule has 3 N–H and O–H groups in total. The van der Waals surface area contributed by atoms with E-state index in [1.807, 2.05) is 6.07 Å². The number of methoxy groups -OCH3 is 1. The predicted octanol–water partition coefficient (Wildman–Crippen LogP) is 1.84. The Morgan fingerprint density at radius 3 is 2.55 bits per heavy atom. The van der Waals surface area contributed by atoms with Gasteiger partial charge in [0.1, 0.15) is 17.5 Å². The second-order valence-corrected chi connectivity index (χ2v) is 5.06. The molecule has 6 nitrogen and oxygen atoms in total. The molecule has 0 fully saturated rings. The first-order valence-electron chi connectivity index (χ1n) is 7.09. The van der Waals surface area contributed by atoms with Gasteiger partial charge < -0.3 is 20.5 Å². The van der Waals surface area contributed by atoms with Gasteiger partial charge in [-0.25, -0.2) is 9.97 Å². The van der Waals surface area contributed by atoms with Crippen LogP contribution >= 0.6 is 0 Å². The maximum absolute atomic E-state index is 9.31. The number of rotatable bonds is 9. The molecule has 1 unspecified atom stereocenters. The summed E-state index contributed by atoms with van der Waals surface area (Å²) in [6, 6.07) is 1.69. The van der Waals surface area contributed by atoms with E-state index in [0.717, 1.165) is 24.6 Å². The van der Waals surface area contributed by atoms with Gasteiger partial charge in [0, 0.05) is 25.6 Å². The molecule has 1 aromatic rings. The summed E-state index contributed by atoms with van der Waals surface area (Å²) in [5.74, 6) is 2.54. The van der Waals surface area contributed by atoms with E-state index in [-0.39, 0.29) is 18.6 Å². The summed E-state index contributed by atoms with van der Waals surface area (Å²) in [6.07, 6.45) is 1.03. The van der Waals surface area contributed by atoms with Gasteiger partial charge in [-0.1, -0.05) is 20.8 Å². The average molecular weight is 282 g/mol. The zero-order valence-electron chi connectivity index (χ0n) is 12.8. The lowest BCUT2D eigenvalue weighted by molar-refractivity contribution is 0.153. The van der Waals surface area contributed by atoms with Gasteiger partial charge in [0.25, 0.3) is 0 Å². The molecule has 0 saturated heterocycles. The largest absolute Gasteiger partial charge is 0.394 e. The number of aromatic nitrogens is 2. The van der Waals surface area contributed by atoms with Crippen LogP contribution < -0.4 is 10.6 Å². The van der Waals surface area contributed by atoms with E-state index in [4.69, 9.17) is 4.74 Å². The van der Waals surface area contributed by atoms with Crippen molar-refractivity contribution in [2.45, 2.75) is 39.2 Å². The summed E-state index contributed by atoms with van der Waals surface area (Å²) in [6.45, 7) is 7.51. The van der Waals surface area contributed by atoms with Crippen LogP contribution in [0.2, 0.25) is 0 Å². The lowest BCUT2D eigenvalue weighted by Gasteiger charge is -2.18. The molecule has 0 amide bonds. The summed E-state index contributed by atoms with van der Waals surface area (Å²) >= 11 is 0. The molecule has 1 aromatic heterocycles. The van der Waals surface area contributed by atoms with Crippen LogP contribution in [0.5, 0.6) is 0 Å². The van der Waals surface area contributed by atoms with E-state index in [9.17, 15) is 5.11 Å². The number of hydrogen-bond acceptors (Lipinski definition) is 6. The number of aliphatic hydroxyl groups excluding tert-OH is 1. The van der Waals surface area contributed by atoms with Gasteiger partial charge in [0.15, 0.2) is 0 Å². The molecule has 114 valence electrons. The van der Waals surface area contributed by atoms with Gasteiger partial charge in [-0.2, -0.15) is 0 Å². The number of nitrogens with one attached hydrogen (secondary N) is 2. The highest BCUT2D eigenvalue weighted by Crippen LogP contribution is 2.17. The summed E-state index contributed by atoms with van der Waals surface area (Å²) in [7, 11) is 1.61. The monoisotopic (exact) mass is 282 g/mol. The van der Waals surface area contributed by atoms with Crippen LogP contribution in [0.25, 0.3) is 0 Å². The highest BCUT2D eigenvalue weighted by Gasteiger charge is 2.12. The normalized spacial score (nSPS) is 12.5. The third-order valence-electron chi connectivity index (χ3n) is 2.76. The third-order valence-corrected chi connectivity index (χ3v) is 2.76. The summed E-state index contributed by atoms with van der Waals surface area (Å²) in [5, 5.41) is 15.8. The van der Waals surface area contributed by atoms with Crippen molar-refractivity contribution >= 4 is 11.6 Å². The molecular weight excluding hydrogens is 256 g/mol. The molecule has 1 rings (SSSR count). The average Bonchev–Trinajstić information content (AvgIpc) is 2.44. The van der Waals surface area contributed by atoms with Crippen molar-refractivity contribution in [2.75, 3.05) is 37.5 Å². The van der Waals surface area contributed by atoms with Gasteiger partial charge in [0.05, 0.1) is 19.3 Å². The van der Waals surface area contributed by atoms with Crippen molar-refractivity contribution in [2.24, 2.45) is 0 Å². The van der Waals surface area contributed by atoms with Gasteiger partial charge in [-0.05, 0) is 6.42 Å². The molecule has 20 heavy (non-hydrogen) atoms. The number of ether oxygens (including phenoxy) is 1. The van der Waals surface area contributed by atoms with Gasteiger partial charge >= 0.3 is 0 Å². The van der Waals surface area contributed by atoms with Crippen LogP contribution in [-0.4, -0.2) is 48.0 Å². The fourth-order valence-corrected chi connectivity index (χ4v) is 1.69. The van der Waals surface area contributed by atoms with E-state index in [1.54, 1.807) is 7.11 Å². The molecule has 0 aromatic carbocycles. The molecule has 0 aliphatic heterocycles. The molecule has 0 spiro atoms. The third kappa shape index (κ3) is 5.30. The zero-order valence-corrected chi connectivity index (χ0v) is 12.8. The standard InChI is InChI=1S/C14H26N4O2/c1-5-6-15-12-7-13(16-11(8-19)9-20-4)18-14(17-12)10(2)3/h7,10-11,19H,5-6,8-9H2,1-4H3,(H2,15,16,17,18). The highest BCUT2D eigenvalue weighted by molar-refractivity contribution is 5.48. The van der Waals surface area contributed by atoms with Crippen molar-refractivity contribution in [3.63, 3.8) is 0 Å². The Kier molecular flexibility index (Phi) is 7.25. The molecule has 0 aliphatic carbocycles. The van der Waals surface area contributed by atoms with Gasteiger partial charge in [0.2, 0.25) is 0 Å². The fraction of sp³-hybridized carbons (Fsp3) is 0.714. The first-order valence-corrected chi connectivity index (χ1v) is 7.09. The minimum Gasteiger partial charge on any atom is -0.394 e. The van der Waals surface area contributed by atoms with Crippen molar-refractivity contribution in [3.8, 4) is 0 Å². The lowest BCUT2D eigenvalue weighted by atomic mass is 10.2. The summed E-state index contributed by atoms with van der Waals surface area (Å²) in [5.41, 5.74) is 0. The smallest absolute Gasteiger partial charge is 0.135 e. The van der Waals surface area contributed by atoms with E-state index < -0.39 is 0 Å². The second kappa shape index (κ2) is 8.71. The topological polar surface area (TPSA) is 79.3 Å². The summed E-state index contributed by atoms with van der Waals surface area (Å²) < 4.78 is 5.06. The van der Waals surface area contributed by atoms with Gasteiger partial charge in [-0.3, -0.25) is 0 Å². The zero-order chi connectivity index (χ0) is 15.0. The number of hydrogen-bond donors (Lipinski definition) is 3. The molecule has 6 heteroatoms. The minimum atomic E-state index is -0.172. The number of nitrogens with zero attached hydrogens (tertiary/aromatic N) is 2. The van der Waals surface area contributed by atoms with Crippen LogP contribution in [0.15, 0.2) is 6.07 Å². The Morgan fingerprint density at radius 1 is 1.30 bits per heavy atom. The molecule has 0 saturated carbocycles. The molecule has 1 heterocycles. The quantitative estimate of drug-likeness (QED) is 0.641. The first kappa shape index (κ1) is 16.7.